The van der Waals surface area contributed by atoms with Gasteiger partial charge in [0.15, 0.2) is 0 Å². The summed E-state index contributed by atoms with van der Waals surface area (Å²) < 4.78 is 0. The van der Waals surface area contributed by atoms with Crippen LogP contribution >= 0.6 is 0 Å². The Balaban J connectivity index is 2.09. The Kier molecular flexibility index (Phi) is 4.43. The molecule has 19 heavy (non-hydrogen) atoms. The summed E-state index contributed by atoms with van der Waals surface area (Å²) in [6.45, 7) is 2.04. The van der Waals surface area contributed by atoms with Crippen LogP contribution in [0.3, 0.4) is 0 Å². The number of anilines is 1. The fourth-order valence-corrected chi connectivity index (χ4v) is 2.75. The van der Waals surface area contributed by atoms with E-state index in [1.54, 1.807) is 12.1 Å². The number of hydrogen-bond donors (Lipinski definition) is 3. The monoisotopic (exact) mass is 262 g/mol. The van der Waals surface area contributed by atoms with Crippen LogP contribution in [0.2, 0.25) is 0 Å². The van der Waals surface area contributed by atoms with E-state index in [1.807, 2.05) is 13.0 Å². The lowest BCUT2D eigenvalue weighted by atomic mass is 9.85. The lowest BCUT2D eigenvalue weighted by Gasteiger charge is -2.31. The SMILES string of the molecule is Cc1ccc(N)cc1C(=O)NC1CCCCC1CO. The molecular formula is C15H22N2O2. The summed E-state index contributed by atoms with van der Waals surface area (Å²) in [7, 11) is 0. The van der Waals surface area contributed by atoms with E-state index < -0.39 is 0 Å². The van der Waals surface area contributed by atoms with E-state index in [-0.39, 0.29) is 24.5 Å². The lowest BCUT2D eigenvalue weighted by Crippen LogP contribution is -2.43. The Labute approximate surface area is 114 Å². The van der Waals surface area contributed by atoms with Crippen molar-refractivity contribution in [2.75, 3.05) is 12.3 Å². The topological polar surface area (TPSA) is 75.4 Å². The number of aryl methyl sites for hydroxylation is 1. The number of aliphatic hydroxyl groups excluding tert-OH is 1. The second-order valence-electron chi connectivity index (χ2n) is 5.38. The smallest absolute Gasteiger partial charge is 0.251 e. The van der Waals surface area contributed by atoms with Gasteiger partial charge in [0.1, 0.15) is 0 Å². The number of aliphatic hydroxyl groups is 1. The number of nitrogens with one attached hydrogen (secondary N) is 1. The summed E-state index contributed by atoms with van der Waals surface area (Å²) in [5.41, 5.74) is 7.87. The van der Waals surface area contributed by atoms with Crippen LogP contribution in [0.4, 0.5) is 5.69 Å². The van der Waals surface area contributed by atoms with E-state index in [0.29, 0.717) is 11.3 Å². The van der Waals surface area contributed by atoms with E-state index in [0.717, 1.165) is 31.2 Å². The molecule has 0 aromatic heterocycles. The summed E-state index contributed by atoms with van der Waals surface area (Å²) in [5, 5.41) is 12.4. The number of rotatable bonds is 3. The molecule has 1 amide bonds. The van der Waals surface area contributed by atoms with Crippen molar-refractivity contribution >= 4 is 11.6 Å². The second kappa shape index (κ2) is 6.06. The first kappa shape index (κ1) is 13.9. The van der Waals surface area contributed by atoms with Crippen LogP contribution in [-0.4, -0.2) is 23.7 Å². The molecular weight excluding hydrogens is 240 g/mol. The summed E-state index contributed by atoms with van der Waals surface area (Å²) in [6.07, 6.45) is 4.17. The molecule has 1 saturated carbocycles. The van der Waals surface area contributed by atoms with Gasteiger partial charge in [0, 0.05) is 29.8 Å². The van der Waals surface area contributed by atoms with E-state index in [9.17, 15) is 9.90 Å². The van der Waals surface area contributed by atoms with Gasteiger partial charge in [-0.05, 0) is 37.5 Å². The predicted molar refractivity (Wildman–Crippen MR) is 75.9 cm³/mol. The van der Waals surface area contributed by atoms with Gasteiger partial charge in [0.2, 0.25) is 0 Å². The zero-order valence-electron chi connectivity index (χ0n) is 11.4. The quantitative estimate of drug-likeness (QED) is 0.728. The first-order valence-electron chi connectivity index (χ1n) is 6.89. The molecule has 4 nitrogen and oxygen atoms in total. The predicted octanol–water partition coefficient (Wildman–Crippen LogP) is 1.86. The van der Waals surface area contributed by atoms with Crippen LogP contribution in [0, 0.1) is 12.8 Å². The van der Waals surface area contributed by atoms with Crippen molar-refractivity contribution in [1.29, 1.82) is 0 Å². The molecule has 2 rings (SSSR count). The molecule has 0 bridgehead atoms. The minimum atomic E-state index is -0.0878. The van der Waals surface area contributed by atoms with Gasteiger partial charge in [-0.3, -0.25) is 4.79 Å². The van der Waals surface area contributed by atoms with Crippen LogP contribution in [0.1, 0.15) is 41.6 Å². The summed E-state index contributed by atoms with van der Waals surface area (Å²) in [4.78, 5) is 12.3. The number of hydrogen-bond acceptors (Lipinski definition) is 3. The lowest BCUT2D eigenvalue weighted by molar-refractivity contribution is 0.0872. The molecule has 1 fully saturated rings. The first-order valence-corrected chi connectivity index (χ1v) is 6.89. The van der Waals surface area contributed by atoms with Crippen LogP contribution < -0.4 is 11.1 Å². The summed E-state index contributed by atoms with van der Waals surface area (Å²) in [6, 6.07) is 5.44. The van der Waals surface area contributed by atoms with Gasteiger partial charge < -0.3 is 16.2 Å². The third kappa shape index (κ3) is 3.26. The van der Waals surface area contributed by atoms with Crippen molar-refractivity contribution < 1.29 is 9.90 Å². The van der Waals surface area contributed by atoms with E-state index in [2.05, 4.69) is 5.32 Å². The number of carbonyl (C=O) groups excluding carboxylic acids is 1. The van der Waals surface area contributed by atoms with Gasteiger partial charge in [0.25, 0.3) is 5.91 Å². The van der Waals surface area contributed by atoms with Gasteiger partial charge in [0.05, 0.1) is 0 Å². The van der Waals surface area contributed by atoms with Gasteiger partial charge in [-0.2, -0.15) is 0 Å². The van der Waals surface area contributed by atoms with Crippen molar-refractivity contribution in [3.8, 4) is 0 Å². The van der Waals surface area contributed by atoms with Crippen LogP contribution in [-0.2, 0) is 0 Å². The van der Waals surface area contributed by atoms with Gasteiger partial charge in [-0.25, -0.2) is 0 Å². The van der Waals surface area contributed by atoms with E-state index >= 15 is 0 Å². The van der Waals surface area contributed by atoms with Crippen molar-refractivity contribution in [3.63, 3.8) is 0 Å². The summed E-state index contributed by atoms with van der Waals surface area (Å²) in [5.74, 6) is 0.0919. The Morgan fingerprint density at radius 1 is 1.42 bits per heavy atom. The molecule has 1 aromatic carbocycles. The standard InChI is InChI=1S/C15H22N2O2/c1-10-6-7-12(16)8-13(10)15(19)17-14-5-3-2-4-11(14)9-18/h6-8,11,14,18H,2-5,9,16H2,1H3,(H,17,19). The minimum absolute atomic E-state index is 0.0760. The van der Waals surface area contributed by atoms with Gasteiger partial charge in [-0.15, -0.1) is 0 Å². The number of amides is 1. The molecule has 0 saturated heterocycles. The fraction of sp³-hybridized carbons (Fsp3) is 0.533. The van der Waals surface area contributed by atoms with Crippen molar-refractivity contribution in [2.24, 2.45) is 5.92 Å². The number of benzene rings is 1. The average Bonchev–Trinajstić information content (AvgIpc) is 2.42. The van der Waals surface area contributed by atoms with Crippen LogP contribution in [0.25, 0.3) is 0 Å². The van der Waals surface area contributed by atoms with Crippen LogP contribution in [0.15, 0.2) is 18.2 Å². The minimum Gasteiger partial charge on any atom is -0.399 e. The Morgan fingerprint density at radius 2 is 2.16 bits per heavy atom. The zero-order valence-corrected chi connectivity index (χ0v) is 11.4. The van der Waals surface area contributed by atoms with E-state index in [4.69, 9.17) is 5.73 Å². The Hall–Kier alpha value is -1.55. The van der Waals surface area contributed by atoms with E-state index in [1.165, 1.54) is 0 Å². The second-order valence-corrected chi connectivity index (χ2v) is 5.38. The molecule has 2 unspecified atom stereocenters. The zero-order chi connectivity index (χ0) is 13.8. The number of carbonyl (C=O) groups is 1. The highest BCUT2D eigenvalue weighted by Crippen LogP contribution is 2.24. The molecule has 104 valence electrons. The molecule has 2 atom stereocenters. The molecule has 0 radical (unpaired) electrons. The number of nitrogen functional groups attached to an aromatic ring is 1. The van der Waals surface area contributed by atoms with Crippen molar-refractivity contribution in [2.45, 2.75) is 38.6 Å². The van der Waals surface area contributed by atoms with Crippen molar-refractivity contribution in [3.05, 3.63) is 29.3 Å². The number of nitrogens with two attached hydrogens (primary N) is 1. The highest BCUT2D eigenvalue weighted by molar-refractivity contribution is 5.96. The first-order chi connectivity index (χ1) is 9.11. The molecule has 0 heterocycles. The van der Waals surface area contributed by atoms with Crippen LogP contribution in [0.5, 0.6) is 0 Å². The molecule has 1 aliphatic rings. The summed E-state index contributed by atoms with van der Waals surface area (Å²) >= 11 is 0. The molecule has 4 N–H and O–H groups in total. The molecule has 1 aliphatic carbocycles. The Bertz CT molecular complexity index is 459. The van der Waals surface area contributed by atoms with Gasteiger partial charge >= 0.3 is 0 Å². The molecule has 4 heteroatoms. The maximum absolute atomic E-state index is 12.3. The third-order valence-corrected chi connectivity index (χ3v) is 3.97. The fourth-order valence-electron chi connectivity index (χ4n) is 2.75. The Morgan fingerprint density at radius 3 is 2.89 bits per heavy atom. The largest absolute Gasteiger partial charge is 0.399 e. The molecule has 1 aromatic rings. The highest BCUT2D eigenvalue weighted by Gasteiger charge is 2.26. The maximum Gasteiger partial charge on any atom is 0.251 e. The molecule has 0 spiro atoms. The normalized spacial score (nSPS) is 23.1. The molecule has 0 aliphatic heterocycles. The third-order valence-electron chi connectivity index (χ3n) is 3.97. The van der Waals surface area contributed by atoms with Gasteiger partial charge in [-0.1, -0.05) is 18.9 Å². The van der Waals surface area contributed by atoms with Crippen molar-refractivity contribution in [1.82, 2.24) is 5.32 Å². The highest BCUT2D eigenvalue weighted by atomic mass is 16.3. The average molecular weight is 262 g/mol. The maximum atomic E-state index is 12.3.